The van der Waals surface area contributed by atoms with Crippen LogP contribution < -0.4 is 5.32 Å². The Kier molecular flexibility index (Phi) is 4.21. The number of nitrogens with zero attached hydrogens (tertiary/aromatic N) is 2. The van der Waals surface area contributed by atoms with Crippen LogP contribution in [0, 0.1) is 0 Å². The molecule has 3 heterocycles. The van der Waals surface area contributed by atoms with Gasteiger partial charge in [-0.2, -0.15) is 0 Å². The number of nitrogens with one attached hydrogen (secondary N) is 1. The van der Waals surface area contributed by atoms with E-state index in [0.717, 1.165) is 31.7 Å². The van der Waals surface area contributed by atoms with Gasteiger partial charge in [0.2, 0.25) is 0 Å². The van der Waals surface area contributed by atoms with Gasteiger partial charge in [-0.25, -0.2) is 0 Å². The van der Waals surface area contributed by atoms with Gasteiger partial charge >= 0.3 is 0 Å². The van der Waals surface area contributed by atoms with Crippen LogP contribution >= 0.6 is 0 Å². The molecule has 2 fully saturated rings. The molecule has 0 aromatic carbocycles. The van der Waals surface area contributed by atoms with E-state index in [2.05, 4.69) is 22.2 Å². The van der Waals surface area contributed by atoms with Gasteiger partial charge in [-0.15, -0.1) is 0 Å². The zero-order chi connectivity index (χ0) is 13.1. The van der Waals surface area contributed by atoms with Crippen molar-refractivity contribution in [2.75, 3.05) is 33.2 Å². The summed E-state index contributed by atoms with van der Waals surface area (Å²) in [6.07, 6.45) is 7.69. The molecule has 2 aliphatic rings. The van der Waals surface area contributed by atoms with Crippen LogP contribution in [0.2, 0.25) is 0 Å². The average molecular weight is 263 g/mol. The Bertz CT molecular complexity index is 379. The molecular weight excluding hydrogens is 238 g/mol. The van der Waals surface area contributed by atoms with Crippen molar-refractivity contribution < 1.29 is 4.42 Å². The Labute approximate surface area is 115 Å². The highest BCUT2D eigenvalue weighted by molar-refractivity contribution is 5.04. The zero-order valence-corrected chi connectivity index (χ0v) is 11.8. The van der Waals surface area contributed by atoms with Crippen LogP contribution in [-0.4, -0.2) is 55.1 Å². The second-order valence-corrected chi connectivity index (χ2v) is 5.95. The van der Waals surface area contributed by atoms with Gasteiger partial charge in [-0.1, -0.05) is 0 Å². The number of furan rings is 1. The maximum atomic E-state index is 5.07. The molecule has 2 saturated heterocycles. The lowest BCUT2D eigenvalue weighted by atomic mass is 10.1. The first-order valence-electron chi connectivity index (χ1n) is 7.49. The minimum Gasteiger partial charge on any atom is -0.472 e. The van der Waals surface area contributed by atoms with Crippen LogP contribution in [0.25, 0.3) is 0 Å². The maximum Gasteiger partial charge on any atom is 0.0947 e. The predicted molar refractivity (Wildman–Crippen MR) is 76.0 cm³/mol. The summed E-state index contributed by atoms with van der Waals surface area (Å²) < 4.78 is 5.07. The van der Waals surface area contributed by atoms with Crippen molar-refractivity contribution in [3.05, 3.63) is 24.2 Å². The van der Waals surface area contributed by atoms with Gasteiger partial charge in [-0.05, 0) is 38.9 Å². The summed E-state index contributed by atoms with van der Waals surface area (Å²) in [6, 6.07) is 3.66. The monoisotopic (exact) mass is 263 g/mol. The van der Waals surface area contributed by atoms with Crippen molar-refractivity contribution in [1.82, 2.24) is 15.1 Å². The average Bonchev–Trinajstić information content (AvgIpc) is 2.97. The summed E-state index contributed by atoms with van der Waals surface area (Å²) in [7, 11) is 2.31. The van der Waals surface area contributed by atoms with E-state index in [-0.39, 0.29) is 0 Å². The number of fused-ring (bicyclic) bond motifs is 2. The Morgan fingerprint density at radius 2 is 2.21 bits per heavy atom. The van der Waals surface area contributed by atoms with E-state index in [1.165, 1.54) is 37.9 Å². The molecular formula is C15H25N3O. The lowest BCUT2D eigenvalue weighted by molar-refractivity contribution is 0.219. The lowest BCUT2D eigenvalue weighted by Gasteiger charge is -2.25. The molecule has 2 atom stereocenters. The molecule has 0 amide bonds. The Hall–Kier alpha value is -0.840. The van der Waals surface area contributed by atoms with Crippen molar-refractivity contribution in [3.63, 3.8) is 0 Å². The molecule has 19 heavy (non-hydrogen) atoms. The van der Waals surface area contributed by atoms with Crippen LogP contribution in [0.3, 0.4) is 0 Å². The summed E-state index contributed by atoms with van der Waals surface area (Å²) >= 11 is 0. The summed E-state index contributed by atoms with van der Waals surface area (Å²) in [5.74, 6) is 0. The SMILES string of the molecule is CN1C2CCC1CN(CCNCc1ccoc1)CC2. The Morgan fingerprint density at radius 1 is 1.32 bits per heavy atom. The molecule has 0 aliphatic carbocycles. The van der Waals surface area contributed by atoms with E-state index >= 15 is 0 Å². The zero-order valence-electron chi connectivity index (χ0n) is 11.8. The van der Waals surface area contributed by atoms with Crippen LogP contribution in [0.5, 0.6) is 0 Å². The lowest BCUT2D eigenvalue weighted by Crippen LogP contribution is -2.39. The molecule has 1 aromatic rings. The molecule has 0 spiro atoms. The van der Waals surface area contributed by atoms with Gasteiger partial charge in [0.05, 0.1) is 12.5 Å². The third-order valence-corrected chi connectivity index (χ3v) is 4.75. The molecule has 4 heteroatoms. The number of hydrogen-bond donors (Lipinski definition) is 1. The maximum absolute atomic E-state index is 5.07. The van der Waals surface area contributed by atoms with E-state index in [9.17, 15) is 0 Å². The minimum atomic E-state index is 0.793. The molecule has 1 aromatic heterocycles. The molecule has 3 rings (SSSR count). The molecule has 0 radical (unpaired) electrons. The largest absolute Gasteiger partial charge is 0.472 e. The first-order valence-corrected chi connectivity index (χ1v) is 7.49. The molecule has 106 valence electrons. The van der Waals surface area contributed by atoms with Gasteiger partial charge in [0.15, 0.2) is 0 Å². The first-order chi connectivity index (χ1) is 9.33. The molecule has 0 saturated carbocycles. The van der Waals surface area contributed by atoms with Crippen molar-refractivity contribution in [2.45, 2.75) is 37.9 Å². The van der Waals surface area contributed by atoms with E-state index in [4.69, 9.17) is 4.42 Å². The predicted octanol–water partition coefficient (Wildman–Crippen LogP) is 1.54. The van der Waals surface area contributed by atoms with E-state index < -0.39 is 0 Å². The smallest absolute Gasteiger partial charge is 0.0947 e. The molecule has 4 nitrogen and oxygen atoms in total. The summed E-state index contributed by atoms with van der Waals surface area (Å²) in [5.41, 5.74) is 1.23. The Balaban J connectivity index is 1.39. The minimum absolute atomic E-state index is 0.793. The highest BCUT2D eigenvalue weighted by atomic mass is 16.3. The normalized spacial score (nSPS) is 28.7. The Morgan fingerprint density at radius 3 is 3.05 bits per heavy atom. The van der Waals surface area contributed by atoms with Gasteiger partial charge in [-0.3, -0.25) is 4.90 Å². The molecule has 1 N–H and O–H groups in total. The van der Waals surface area contributed by atoms with E-state index in [0.29, 0.717) is 0 Å². The first kappa shape index (κ1) is 13.2. The standard InChI is InChI=1S/C15H25N3O/c1-17-14-2-3-15(17)11-18(7-4-14)8-6-16-10-13-5-9-19-12-13/h5,9,12,14-16H,2-4,6-8,10-11H2,1H3. The van der Waals surface area contributed by atoms with Crippen molar-refractivity contribution >= 4 is 0 Å². The highest BCUT2D eigenvalue weighted by Crippen LogP contribution is 2.28. The van der Waals surface area contributed by atoms with Crippen LogP contribution in [-0.2, 0) is 6.54 Å². The quantitative estimate of drug-likeness (QED) is 0.817. The number of hydrogen-bond acceptors (Lipinski definition) is 4. The van der Waals surface area contributed by atoms with E-state index in [1.54, 1.807) is 6.26 Å². The summed E-state index contributed by atoms with van der Waals surface area (Å²) in [5, 5.41) is 3.50. The van der Waals surface area contributed by atoms with Crippen molar-refractivity contribution in [2.24, 2.45) is 0 Å². The fourth-order valence-electron chi connectivity index (χ4n) is 3.45. The van der Waals surface area contributed by atoms with Crippen LogP contribution in [0.4, 0.5) is 0 Å². The topological polar surface area (TPSA) is 31.6 Å². The molecule has 2 unspecified atom stereocenters. The summed E-state index contributed by atoms with van der Waals surface area (Å²) in [4.78, 5) is 5.24. The van der Waals surface area contributed by atoms with Gasteiger partial charge in [0.25, 0.3) is 0 Å². The number of likely N-dealkylation sites (N-methyl/N-ethyl adjacent to an activating group) is 1. The third-order valence-electron chi connectivity index (χ3n) is 4.75. The van der Waals surface area contributed by atoms with Crippen LogP contribution in [0.1, 0.15) is 24.8 Å². The highest BCUT2D eigenvalue weighted by Gasteiger charge is 2.34. The molecule has 2 bridgehead atoms. The third kappa shape index (κ3) is 3.19. The number of likely N-dealkylation sites (tertiary alicyclic amines) is 1. The van der Waals surface area contributed by atoms with Gasteiger partial charge < -0.3 is 14.6 Å². The molecule has 2 aliphatic heterocycles. The van der Waals surface area contributed by atoms with E-state index in [1.807, 2.05) is 12.3 Å². The van der Waals surface area contributed by atoms with Gasteiger partial charge in [0.1, 0.15) is 0 Å². The second-order valence-electron chi connectivity index (χ2n) is 5.95. The second kappa shape index (κ2) is 6.07. The van der Waals surface area contributed by atoms with Crippen molar-refractivity contribution in [1.29, 1.82) is 0 Å². The van der Waals surface area contributed by atoms with Gasteiger partial charge in [0, 0.05) is 43.8 Å². The fourth-order valence-corrected chi connectivity index (χ4v) is 3.45. The fraction of sp³-hybridized carbons (Fsp3) is 0.733. The van der Waals surface area contributed by atoms with Crippen LogP contribution in [0.15, 0.2) is 23.0 Å². The number of rotatable bonds is 5. The van der Waals surface area contributed by atoms with Crippen molar-refractivity contribution in [3.8, 4) is 0 Å². The summed E-state index contributed by atoms with van der Waals surface area (Å²) in [6.45, 7) is 5.65.